The maximum absolute atomic E-state index is 11.8. The number of rotatable bonds is 4. The van der Waals surface area contributed by atoms with Crippen molar-refractivity contribution in [1.82, 2.24) is 4.90 Å². The molecule has 0 aromatic heterocycles. The Labute approximate surface area is 136 Å². The lowest BCUT2D eigenvalue weighted by Gasteiger charge is -2.30. The van der Waals surface area contributed by atoms with Crippen LogP contribution in [-0.2, 0) is 16.1 Å². The van der Waals surface area contributed by atoms with Crippen LogP contribution in [0.25, 0.3) is 10.8 Å². The van der Waals surface area contributed by atoms with Crippen molar-refractivity contribution in [2.45, 2.75) is 26.3 Å². The predicted molar refractivity (Wildman–Crippen MR) is 91.6 cm³/mol. The Morgan fingerprint density at radius 3 is 2.61 bits per heavy atom. The molecule has 3 rings (SSSR count). The summed E-state index contributed by atoms with van der Waals surface area (Å²) in [4.78, 5) is 14.2. The van der Waals surface area contributed by atoms with Crippen molar-refractivity contribution in [3.8, 4) is 5.75 Å². The molecule has 23 heavy (non-hydrogen) atoms. The van der Waals surface area contributed by atoms with Gasteiger partial charge in [-0.1, -0.05) is 12.1 Å². The Balaban J connectivity index is 1.60. The van der Waals surface area contributed by atoms with E-state index in [2.05, 4.69) is 23.1 Å². The molecule has 0 spiro atoms. The van der Waals surface area contributed by atoms with Gasteiger partial charge in [0.2, 0.25) is 0 Å². The summed E-state index contributed by atoms with van der Waals surface area (Å²) in [6.07, 6.45) is 1.77. The molecule has 1 aliphatic rings. The first kappa shape index (κ1) is 15.8. The van der Waals surface area contributed by atoms with Crippen molar-refractivity contribution in [2.24, 2.45) is 5.92 Å². The second kappa shape index (κ2) is 7.01. The van der Waals surface area contributed by atoms with Crippen LogP contribution in [0.15, 0.2) is 36.4 Å². The third kappa shape index (κ3) is 3.82. The highest BCUT2D eigenvalue weighted by Gasteiger charge is 2.25. The lowest BCUT2D eigenvalue weighted by Crippen LogP contribution is -2.36. The molecule has 1 heterocycles. The van der Waals surface area contributed by atoms with Crippen LogP contribution in [-0.4, -0.2) is 35.7 Å². The van der Waals surface area contributed by atoms with Gasteiger partial charge in [-0.25, -0.2) is 0 Å². The van der Waals surface area contributed by atoms with Crippen LogP contribution in [0.2, 0.25) is 0 Å². The van der Waals surface area contributed by atoms with Crippen LogP contribution in [0.1, 0.15) is 25.3 Å². The van der Waals surface area contributed by atoms with Crippen LogP contribution in [0.4, 0.5) is 0 Å². The van der Waals surface area contributed by atoms with E-state index in [9.17, 15) is 4.79 Å². The molecule has 2 N–H and O–H groups in total. The van der Waals surface area contributed by atoms with Gasteiger partial charge in [0, 0.05) is 18.7 Å². The van der Waals surface area contributed by atoms with Crippen LogP contribution < -0.4 is 0 Å². The number of hydrogen-bond donors (Lipinski definition) is 0. The molecule has 0 unspecified atom stereocenters. The van der Waals surface area contributed by atoms with Gasteiger partial charge in [0.05, 0.1) is 12.5 Å². The summed E-state index contributed by atoms with van der Waals surface area (Å²) in [6, 6.07) is 12.2. The van der Waals surface area contributed by atoms with Crippen molar-refractivity contribution in [3.05, 3.63) is 42.0 Å². The minimum atomic E-state index is -0.0379. The average molecular weight is 314 g/mol. The zero-order valence-electron chi connectivity index (χ0n) is 13.5. The molecule has 2 aromatic carbocycles. The van der Waals surface area contributed by atoms with Crippen molar-refractivity contribution in [1.29, 1.82) is 0 Å². The Hall–Kier alpha value is -2.07. The summed E-state index contributed by atoms with van der Waals surface area (Å²) < 4.78 is 5.12. The number of carbonyl (C=O) groups is 1. The molecule has 1 saturated heterocycles. The average Bonchev–Trinajstić information content (AvgIpc) is 2.56. The predicted octanol–water partition coefficient (Wildman–Crippen LogP) is 3.05. The smallest absolute Gasteiger partial charge is 0.309 e. The molecule has 0 bridgehead atoms. The van der Waals surface area contributed by atoms with Gasteiger partial charge in [0.25, 0.3) is 5.75 Å². The third-order valence-corrected chi connectivity index (χ3v) is 4.52. The first-order valence-electron chi connectivity index (χ1n) is 8.29. The number of ether oxygens (including phenoxy) is 1. The van der Waals surface area contributed by atoms with Gasteiger partial charge in [0.1, 0.15) is 0 Å². The Morgan fingerprint density at radius 2 is 1.87 bits per heavy atom. The maximum atomic E-state index is 11.8. The van der Waals surface area contributed by atoms with Crippen molar-refractivity contribution in [2.75, 3.05) is 19.7 Å². The molecular formula is C19H24NO3+. The monoisotopic (exact) mass is 314 g/mol. The summed E-state index contributed by atoms with van der Waals surface area (Å²) in [7, 11) is 0. The number of fused-ring (bicyclic) bond motifs is 1. The number of piperidine rings is 1. The zero-order chi connectivity index (χ0) is 16.2. The molecule has 1 aliphatic heterocycles. The van der Waals surface area contributed by atoms with E-state index in [1.54, 1.807) is 0 Å². The lowest BCUT2D eigenvalue weighted by atomic mass is 9.96. The van der Waals surface area contributed by atoms with Gasteiger partial charge in [-0.3, -0.25) is 9.69 Å². The SMILES string of the molecule is CCOC(=O)C1CCN(Cc2ccc3cc([OH2+])ccc3c2)CC1. The molecule has 122 valence electrons. The highest BCUT2D eigenvalue weighted by Crippen LogP contribution is 2.24. The molecule has 4 heteroatoms. The molecular weight excluding hydrogens is 290 g/mol. The van der Waals surface area contributed by atoms with E-state index in [0.717, 1.165) is 37.9 Å². The minimum absolute atomic E-state index is 0.0379. The van der Waals surface area contributed by atoms with Crippen molar-refractivity contribution in [3.63, 3.8) is 0 Å². The summed E-state index contributed by atoms with van der Waals surface area (Å²) in [5.41, 5.74) is 1.28. The van der Waals surface area contributed by atoms with Gasteiger partial charge in [-0.15, -0.1) is 0 Å². The number of likely N-dealkylation sites (tertiary alicyclic amines) is 1. The summed E-state index contributed by atoms with van der Waals surface area (Å²) in [6.45, 7) is 5.11. The van der Waals surface area contributed by atoms with E-state index >= 15 is 0 Å². The normalized spacial score (nSPS) is 16.6. The van der Waals surface area contributed by atoms with E-state index in [-0.39, 0.29) is 11.9 Å². The van der Waals surface area contributed by atoms with E-state index in [1.807, 2.05) is 25.1 Å². The first-order chi connectivity index (χ1) is 11.2. The van der Waals surface area contributed by atoms with Crippen LogP contribution in [0, 0.1) is 5.92 Å². The van der Waals surface area contributed by atoms with Crippen LogP contribution in [0.3, 0.4) is 0 Å². The number of esters is 1. The van der Waals surface area contributed by atoms with E-state index < -0.39 is 0 Å². The molecule has 0 amide bonds. The highest BCUT2D eigenvalue weighted by atomic mass is 16.5. The third-order valence-electron chi connectivity index (χ3n) is 4.52. The zero-order valence-corrected chi connectivity index (χ0v) is 13.5. The van der Waals surface area contributed by atoms with Gasteiger partial charge in [-0.2, -0.15) is 0 Å². The van der Waals surface area contributed by atoms with E-state index in [0.29, 0.717) is 12.4 Å². The lowest BCUT2D eigenvalue weighted by molar-refractivity contribution is -0.149. The molecule has 0 aliphatic carbocycles. The van der Waals surface area contributed by atoms with Gasteiger partial charge < -0.3 is 9.84 Å². The Bertz CT molecular complexity index is 690. The Morgan fingerprint density at radius 1 is 1.17 bits per heavy atom. The van der Waals surface area contributed by atoms with Crippen molar-refractivity contribution >= 4 is 16.7 Å². The fraction of sp³-hybridized carbons (Fsp3) is 0.421. The number of nitrogens with zero attached hydrogens (tertiary/aromatic N) is 1. The fourth-order valence-corrected chi connectivity index (χ4v) is 3.24. The van der Waals surface area contributed by atoms with Gasteiger partial charge in [-0.05, 0) is 61.3 Å². The first-order valence-corrected chi connectivity index (χ1v) is 8.29. The minimum Gasteiger partial charge on any atom is -0.593 e. The van der Waals surface area contributed by atoms with Crippen molar-refractivity contribution < 1.29 is 14.6 Å². The molecule has 0 radical (unpaired) electrons. The second-order valence-corrected chi connectivity index (χ2v) is 6.20. The summed E-state index contributed by atoms with van der Waals surface area (Å²) in [5.74, 6) is 0.577. The van der Waals surface area contributed by atoms with Crippen LogP contribution in [0.5, 0.6) is 5.75 Å². The maximum Gasteiger partial charge on any atom is 0.309 e. The van der Waals surface area contributed by atoms with E-state index in [4.69, 9.17) is 9.84 Å². The molecule has 0 saturated carbocycles. The summed E-state index contributed by atoms with van der Waals surface area (Å²) in [5, 5.41) is 9.97. The Kier molecular flexibility index (Phi) is 4.82. The topological polar surface area (TPSA) is 52.4 Å². The largest absolute Gasteiger partial charge is 0.593 e. The van der Waals surface area contributed by atoms with Crippen LogP contribution >= 0.6 is 0 Å². The molecule has 0 atom stereocenters. The fourth-order valence-electron chi connectivity index (χ4n) is 3.24. The number of hydrogen-bond acceptors (Lipinski definition) is 3. The van der Waals surface area contributed by atoms with E-state index in [1.165, 1.54) is 10.9 Å². The molecule has 1 fully saturated rings. The highest BCUT2D eigenvalue weighted by molar-refractivity contribution is 5.84. The summed E-state index contributed by atoms with van der Waals surface area (Å²) >= 11 is 0. The van der Waals surface area contributed by atoms with Gasteiger partial charge >= 0.3 is 5.97 Å². The molecule has 4 nitrogen and oxygen atoms in total. The number of carbonyl (C=O) groups excluding carboxylic acids is 1. The van der Waals surface area contributed by atoms with Gasteiger partial charge in [0.15, 0.2) is 0 Å². The second-order valence-electron chi connectivity index (χ2n) is 6.20. The standard InChI is InChI=1S/C19H23NO3/c1-2-23-19(22)15-7-9-20(10-8-15)13-14-3-4-17-12-18(21)6-5-16(17)11-14/h3-6,11-12,15,21H,2,7-10,13H2,1H3/p+1. The molecule has 2 aromatic rings. The number of benzene rings is 2. The quantitative estimate of drug-likeness (QED) is 0.644.